The third-order valence-electron chi connectivity index (χ3n) is 3.14. The minimum atomic E-state index is -0.344. The van der Waals surface area contributed by atoms with Crippen LogP contribution >= 0.6 is 0 Å². The third kappa shape index (κ3) is 2.87. The maximum absolute atomic E-state index is 11.0. The molecule has 2 unspecified atom stereocenters. The molecule has 0 aromatic carbocycles. The summed E-state index contributed by atoms with van der Waals surface area (Å²) >= 11 is 0. The second-order valence-electron chi connectivity index (χ2n) is 4.10. The largest absolute Gasteiger partial charge is 0.351 e. The van der Waals surface area contributed by atoms with E-state index in [-0.39, 0.29) is 12.1 Å². The molecule has 4 heteroatoms. The van der Waals surface area contributed by atoms with Crippen molar-refractivity contribution < 1.29 is 4.79 Å². The fraction of sp³-hybridized carbons (Fsp3) is 0.900. The summed E-state index contributed by atoms with van der Waals surface area (Å²) in [4.78, 5) is 12.6. The quantitative estimate of drug-likeness (QED) is 0.694. The predicted octanol–water partition coefficient (Wildman–Crippen LogP) is 0.918. The first kappa shape index (κ1) is 11.3. The van der Waals surface area contributed by atoms with E-state index in [1.807, 2.05) is 6.92 Å². The van der Waals surface area contributed by atoms with Crippen LogP contribution in [0, 0.1) is 0 Å². The van der Waals surface area contributed by atoms with E-state index in [2.05, 4.69) is 5.32 Å². The summed E-state index contributed by atoms with van der Waals surface area (Å²) in [6.07, 6.45) is 4.91. The Morgan fingerprint density at radius 2 is 2.21 bits per heavy atom. The molecule has 0 aromatic rings. The van der Waals surface area contributed by atoms with Gasteiger partial charge in [0.25, 0.3) is 0 Å². The van der Waals surface area contributed by atoms with E-state index in [1.54, 1.807) is 11.9 Å². The summed E-state index contributed by atoms with van der Waals surface area (Å²) in [6.45, 7) is 3.11. The molecule has 0 aliphatic carbocycles. The molecule has 1 heterocycles. The maximum atomic E-state index is 11.0. The highest BCUT2D eigenvalue weighted by Gasteiger charge is 2.23. The number of nitrogens with zero attached hydrogens (tertiary/aromatic N) is 1. The highest BCUT2D eigenvalue weighted by atomic mass is 16.2. The Morgan fingerprint density at radius 3 is 2.86 bits per heavy atom. The van der Waals surface area contributed by atoms with Crippen molar-refractivity contribution in [3.63, 3.8) is 0 Å². The van der Waals surface area contributed by atoms with Gasteiger partial charge in [-0.15, -0.1) is 0 Å². The van der Waals surface area contributed by atoms with Gasteiger partial charge >= 0.3 is 6.03 Å². The molecule has 14 heavy (non-hydrogen) atoms. The fourth-order valence-electron chi connectivity index (χ4n) is 1.94. The predicted molar refractivity (Wildman–Crippen MR) is 57.1 cm³/mol. The Morgan fingerprint density at radius 1 is 1.50 bits per heavy atom. The number of nitrogens with two attached hydrogens (primary N) is 1. The van der Waals surface area contributed by atoms with Crippen molar-refractivity contribution in [2.75, 3.05) is 13.6 Å². The zero-order valence-electron chi connectivity index (χ0n) is 9.12. The first-order valence-corrected chi connectivity index (χ1v) is 5.38. The van der Waals surface area contributed by atoms with Gasteiger partial charge in [0.2, 0.25) is 0 Å². The van der Waals surface area contributed by atoms with Gasteiger partial charge in [0.1, 0.15) is 0 Å². The third-order valence-corrected chi connectivity index (χ3v) is 3.14. The van der Waals surface area contributed by atoms with E-state index in [1.165, 1.54) is 19.3 Å². The molecule has 1 aliphatic rings. The van der Waals surface area contributed by atoms with Crippen molar-refractivity contribution in [1.29, 1.82) is 0 Å². The Bertz CT molecular complexity index is 188. The maximum Gasteiger partial charge on any atom is 0.314 e. The van der Waals surface area contributed by atoms with Crippen molar-refractivity contribution >= 4 is 6.03 Å². The average molecular weight is 199 g/mol. The van der Waals surface area contributed by atoms with E-state index in [9.17, 15) is 4.79 Å². The minimum absolute atomic E-state index is 0.186. The Balaban J connectivity index is 2.48. The molecule has 1 fully saturated rings. The molecular weight excluding hydrogens is 178 g/mol. The molecule has 1 aliphatic heterocycles. The van der Waals surface area contributed by atoms with Crippen LogP contribution in [0.5, 0.6) is 0 Å². The van der Waals surface area contributed by atoms with E-state index in [0.29, 0.717) is 6.04 Å². The van der Waals surface area contributed by atoms with Crippen molar-refractivity contribution in [1.82, 2.24) is 10.2 Å². The molecule has 4 nitrogen and oxygen atoms in total. The topological polar surface area (TPSA) is 58.4 Å². The van der Waals surface area contributed by atoms with Gasteiger partial charge in [-0.3, -0.25) is 0 Å². The molecule has 0 aromatic heterocycles. The summed E-state index contributed by atoms with van der Waals surface area (Å²) < 4.78 is 0. The lowest BCUT2D eigenvalue weighted by Crippen LogP contribution is -2.50. The molecule has 3 N–H and O–H groups in total. The van der Waals surface area contributed by atoms with E-state index in [4.69, 9.17) is 5.73 Å². The lowest BCUT2D eigenvalue weighted by atomic mass is 10.0. The van der Waals surface area contributed by atoms with Crippen molar-refractivity contribution in [2.45, 2.75) is 44.7 Å². The molecule has 1 rings (SSSR count). The second-order valence-corrected chi connectivity index (χ2v) is 4.10. The monoisotopic (exact) mass is 199 g/mol. The Hall–Kier alpha value is -0.770. The number of hydrogen-bond acceptors (Lipinski definition) is 2. The number of amides is 2. The average Bonchev–Trinajstić information content (AvgIpc) is 2.43. The van der Waals surface area contributed by atoms with Crippen LogP contribution in [0.3, 0.4) is 0 Å². The molecule has 0 radical (unpaired) electrons. The zero-order valence-corrected chi connectivity index (χ0v) is 9.12. The number of likely N-dealkylation sites (N-methyl/N-ethyl adjacent to an activating group) is 1. The Labute approximate surface area is 85.8 Å². The van der Waals surface area contributed by atoms with E-state index >= 15 is 0 Å². The van der Waals surface area contributed by atoms with Crippen molar-refractivity contribution in [3.8, 4) is 0 Å². The van der Waals surface area contributed by atoms with Gasteiger partial charge in [0.05, 0.1) is 0 Å². The molecule has 82 valence electrons. The van der Waals surface area contributed by atoms with Crippen LogP contribution in [0.4, 0.5) is 4.79 Å². The summed E-state index contributed by atoms with van der Waals surface area (Å²) in [7, 11) is 1.76. The Kier molecular flexibility index (Phi) is 4.20. The van der Waals surface area contributed by atoms with Crippen LogP contribution in [-0.4, -0.2) is 36.6 Å². The van der Waals surface area contributed by atoms with Crippen LogP contribution in [0.1, 0.15) is 32.6 Å². The molecular formula is C10H21N3O. The molecule has 0 bridgehead atoms. The first-order chi connectivity index (χ1) is 6.63. The second kappa shape index (κ2) is 5.20. The van der Waals surface area contributed by atoms with Crippen LogP contribution < -0.4 is 11.1 Å². The molecule has 0 spiro atoms. The number of urea groups is 1. The van der Waals surface area contributed by atoms with Crippen LogP contribution in [-0.2, 0) is 0 Å². The van der Waals surface area contributed by atoms with Gasteiger partial charge in [0, 0.05) is 19.1 Å². The molecule has 2 amide bonds. The lowest BCUT2D eigenvalue weighted by molar-refractivity contribution is 0.187. The zero-order chi connectivity index (χ0) is 10.6. The van der Waals surface area contributed by atoms with Crippen molar-refractivity contribution in [2.24, 2.45) is 5.73 Å². The molecule has 0 saturated carbocycles. The van der Waals surface area contributed by atoms with Crippen molar-refractivity contribution in [3.05, 3.63) is 0 Å². The lowest BCUT2D eigenvalue weighted by Gasteiger charge is -2.30. The number of carbonyl (C=O) groups excluding carboxylic acids is 1. The summed E-state index contributed by atoms with van der Waals surface area (Å²) in [6, 6.07) is 0.240. The van der Waals surface area contributed by atoms with Crippen LogP contribution in [0.15, 0.2) is 0 Å². The van der Waals surface area contributed by atoms with Gasteiger partial charge in [-0.1, -0.05) is 12.8 Å². The van der Waals surface area contributed by atoms with Gasteiger partial charge in [-0.2, -0.15) is 0 Å². The van der Waals surface area contributed by atoms with Gasteiger partial charge < -0.3 is 16.0 Å². The van der Waals surface area contributed by atoms with E-state index in [0.717, 1.165) is 13.0 Å². The number of primary amides is 1. The summed E-state index contributed by atoms with van der Waals surface area (Å²) in [5, 5.41) is 3.47. The standard InChI is InChI=1S/C10H21N3O/c1-8(13(2)10(11)14)9-6-4-3-5-7-12-9/h8-9,12H,3-7H2,1-2H3,(H2,11,14). The molecule has 2 atom stereocenters. The van der Waals surface area contributed by atoms with Crippen LogP contribution in [0.25, 0.3) is 0 Å². The van der Waals surface area contributed by atoms with Gasteiger partial charge in [-0.25, -0.2) is 4.79 Å². The SMILES string of the molecule is CC(C1CCCCCN1)N(C)C(N)=O. The normalized spacial score (nSPS) is 25.1. The number of carbonyl (C=O) groups is 1. The first-order valence-electron chi connectivity index (χ1n) is 5.38. The van der Waals surface area contributed by atoms with Gasteiger partial charge in [0.15, 0.2) is 0 Å². The summed E-state index contributed by atoms with van der Waals surface area (Å²) in [5.41, 5.74) is 5.24. The van der Waals surface area contributed by atoms with E-state index < -0.39 is 0 Å². The number of hydrogen-bond donors (Lipinski definition) is 2. The highest BCUT2D eigenvalue weighted by Crippen LogP contribution is 2.13. The molecule has 1 saturated heterocycles. The fourth-order valence-corrected chi connectivity index (χ4v) is 1.94. The number of nitrogens with one attached hydrogen (secondary N) is 1. The smallest absolute Gasteiger partial charge is 0.314 e. The summed E-state index contributed by atoms with van der Waals surface area (Å²) in [5.74, 6) is 0. The highest BCUT2D eigenvalue weighted by molar-refractivity contribution is 5.72. The van der Waals surface area contributed by atoms with Gasteiger partial charge in [-0.05, 0) is 26.3 Å². The minimum Gasteiger partial charge on any atom is -0.351 e. The number of rotatable bonds is 2. The van der Waals surface area contributed by atoms with Crippen LogP contribution in [0.2, 0.25) is 0 Å².